The van der Waals surface area contributed by atoms with Crippen molar-refractivity contribution in [2.45, 2.75) is 148 Å². The summed E-state index contributed by atoms with van der Waals surface area (Å²) >= 11 is 1.97. The summed E-state index contributed by atoms with van der Waals surface area (Å²) in [5, 5.41) is 19.4. The second-order valence-electron chi connectivity index (χ2n) is 18.1. The van der Waals surface area contributed by atoms with E-state index in [1.54, 1.807) is 0 Å². The topological polar surface area (TPSA) is 146 Å². The third-order valence-corrected chi connectivity index (χ3v) is 12.6. The van der Waals surface area contributed by atoms with Gasteiger partial charge in [-0.05, 0) is 175 Å². The number of piperidine rings is 2. The van der Waals surface area contributed by atoms with E-state index in [1.165, 1.54) is 225 Å². The summed E-state index contributed by atoms with van der Waals surface area (Å²) in [6.07, 6.45) is 31.3. The van der Waals surface area contributed by atoms with E-state index in [0.29, 0.717) is 0 Å². The van der Waals surface area contributed by atoms with E-state index in [0.717, 1.165) is 119 Å². The van der Waals surface area contributed by atoms with E-state index in [-0.39, 0.29) is 0 Å². The molecule has 12 rings (SSSR count). The Kier molecular flexibility index (Phi) is 60.9. The Hall–Kier alpha value is -0.210. The van der Waals surface area contributed by atoms with Gasteiger partial charge in [-0.1, -0.05) is 38.5 Å². The van der Waals surface area contributed by atoms with Gasteiger partial charge in [-0.25, -0.2) is 0 Å². The molecule has 68 heavy (non-hydrogen) atoms. The maximum Gasteiger partial charge on any atom is 0.0701 e. The van der Waals surface area contributed by atoms with Crippen molar-refractivity contribution in [2.24, 2.45) is 0 Å². The van der Waals surface area contributed by atoms with Crippen molar-refractivity contribution in [2.75, 3.05) is 196 Å². The van der Waals surface area contributed by atoms with Crippen LogP contribution >= 0.6 is 11.8 Å². The first-order chi connectivity index (χ1) is 34.0. The van der Waals surface area contributed by atoms with Gasteiger partial charge in [0, 0.05) is 77.5 Å². The van der Waals surface area contributed by atoms with Crippen molar-refractivity contribution in [3.05, 3.63) is 0 Å². The van der Waals surface area contributed by atoms with E-state index in [2.05, 4.69) is 31.9 Å². The Morgan fingerprint density at radius 1 is 0.162 bits per heavy atom. The van der Waals surface area contributed by atoms with Crippen molar-refractivity contribution in [1.29, 1.82) is 0 Å². The molecule has 0 radical (unpaired) electrons. The van der Waals surface area contributed by atoms with E-state index in [1.807, 2.05) is 11.8 Å². The van der Waals surface area contributed by atoms with Crippen LogP contribution in [-0.4, -0.2) is 196 Å². The minimum atomic E-state index is 0.778. The minimum absolute atomic E-state index is 0.778. The highest BCUT2D eigenvalue weighted by atomic mass is 32.2. The van der Waals surface area contributed by atoms with Gasteiger partial charge in [0.25, 0.3) is 0 Å². The third kappa shape index (κ3) is 60.1. The van der Waals surface area contributed by atoms with Crippen molar-refractivity contribution in [3.63, 3.8) is 0 Å². The molecule has 15 heteroatoms. The second-order valence-corrected chi connectivity index (χ2v) is 19.4. The van der Waals surface area contributed by atoms with Crippen LogP contribution in [0.5, 0.6) is 0 Å². The SMILES string of the molecule is C1CCCNCC1.C1CCCOCC1.C1CCNC1.C1CCNCC1.C1CCNCC1.C1CCOC1.C1CCOCC1.C1CNC1.C1COC1.C1COCCN1.C1COCCO1.C1CSCCO1. The standard InChI is InChI=1S/C6H13N.C6H12O.2C5H11N.C5H10O.C4H9NO.C4H9N.C4H8O2.C4H8OS.C4H8O.C3H7N.C3H6O/c2*1-2-4-6-7-5-3-1;3*1-2-4-6-5-3-1;1-3-6-4-2-5-1;1-2-4-5-3-1;1-2-6-4-3-5-1;1-3-6-4-2-5-1;1-2-4-5-3-1;2*1-2-4-3-1/h7H,1-6H2;1-6H2;2*6H,1-5H2;1-5H2;5H,1-4H2;5H,1-4H2;2*1-4H2;1-4H2;4H,1-3H2;1-3H2. The van der Waals surface area contributed by atoms with Gasteiger partial charge < -0.3 is 69.8 Å². The molecule has 0 aromatic heterocycles. The van der Waals surface area contributed by atoms with Crippen LogP contribution < -0.4 is 31.9 Å². The molecule has 0 unspecified atom stereocenters. The highest BCUT2D eigenvalue weighted by molar-refractivity contribution is 7.99. The molecule has 0 aromatic carbocycles. The predicted octanol–water partition coefficient (Wildman–Crippen LogP) is 7.38. The Labute approximate surface area is 423 Å². The van der Waals surface area contributed by atoms with Crippen molar-refractivity contribution >= 4 is 11.8 Å². The Morgan fingerprint density at radius 2 is 0.368 bits per heavy atom. The van der Waals surface area contributed by atoms with Gasteiger partial charge in [-0.15, -0.1) is 0 Å². The smallest absolute Gasteiger partial charge is 0.0701 e. The zero-order valence-corrected chi connectivity index (χ0v) is 45.0. The predicted molar refractivity (Wildman–Crippen MR) is 287 cm³/mol. The first kappa shape index (κ1) is 65.8. The summed E-state index contributed by atoms with van der Waals surface area (Å²) in [6, 6.07) is 0. The van der Waals surface area contributed by atoms with Crippen LogP contribution in [0.25, 0.3) is 0 Å². The van der Waals surface area contributed by atoms with E-state index >= 15 is 0 Å². The summed E-state index contributed by atoms with van der Waals surface area (Å²) in [5.74, 6) is 2.39. The summed E-state index contributed by atoms with van der Waals surface area (Å²) in [7, 11) is 0. The van der Waals surface area contributed by atoms with E-state index in [9.17, 15) is 0 Å². The van der Waals surface area contributed by atoms with Gasteiger partial charge in [0.2, 0.25) is 0 Å². The number of nitrogens with one attached hydrogen (secondary N) is 6. The van der Waals surface area contributed by atoms with Crippen LogP contribution in [-0.2, 0) is 37.9 Å². The minimum Gasteiger partial charge on any atom is -0.381 e. The number of hydrogen-bond acceptors (Lipinski definition) is 15. The van der Waals surface area contributed by atoms with Crippen molar-refractivity contribution in [3.8, 4) is 0 Å². The van der Waals surface area contributed by atoms with Gasteiger partial charge >= 0.3 is 0 Å². The molecule has 12 aliphatic heterocycles. The molecule has 14 nitrogen and oxygen atoms in total. The van der Waals surface area contributed by atoms with Crippen LogP contribution in [0.3, 0.4) is 0 Å². The molecule has 0 spiro atoms. The fraction of sp³-hybridized carbons (Fsp3) is 1.00. The normalized spacial score (nSPS) is 24.0. The van der Waals surface area contributed by atoms with Gasteiger partial charge in [-0.2, -0.15) is 11.8 Å². The molecular formula is C53H112N6O8S. The van der Waals surface area contributed by atoms with Crippen LogP contribution in [0, 0.1) is 0 Å². The molecular weight excluding hydrogens is 881 g/mol. The highest BCUT2D eigenvalue weighted by Crippen LogP contribution is 2.06. The zero-order chi connectivity index (χ0) is 48.1. The molecule has 0 aliphatic carbocycles. The summed E-state index contributed by atoms with van der Waals surface area (Å²) in [5.41, 5.74) is 0. The van der Waals surface area contributed by atoms with Crippen LogP contribution in [0.15, 0.2) is 0 Å². The number of morpholine rings is 1. The molecule has 0 amide bonds. The van der Waals surface area contributed by atoms with Crippen LogP contribution in [0.2, 0.25) is 0 Å². The fourth-order valence-corrected chi connectivity index (χ4v) is 7.66. The van der Waals surface area contributed by atoms with Crippen molar-refractivity contribution in [1.82, 2.24) is 31.9 Å². The average molecular weight is 994 g/mol. The Bertz CT molecular complexity index is 602. The lowest BCUT2D eigenvalue weighted by molar-refractivity contribution is -0.0334. The molecule has 12 aliphatic rings. The number of hydrogen-bond donors (Lipinski definition) is 6. The average Bonchev–Trinajstić information content (AvgIpc) is 4.07. The molecule has 12 heterocycles. The number of thioether (sulfide) groups is 1. The summed E-state index contributed by atoms with van der Waals surface area (Å²) in [4.78, 5) is 0. The number of ether oxygens (including phenoxy) is 8. The van der Waals surface area contributed by atoms with E-state index < -0.39 is 0 Å². The van der Waals surface area contributed by atoms with Crippen molar-refractivity contribution < 1.29 is 37.9 Å². The lowest BCUT2D eigenvalue weighted by atomic mass is 10.2. The number of rotatable bonds is 0. The summed E-state index contributed by atoms with van der Waals surface area (Å²) in [6.45, 7) is 29.4. The lowest BCUT2D eigenvalue weighted by Gasteiger charge is -2.10. The molecule has 12 saturated heterocycles. The Balaban J connectivity index is 0.000000372. The van der Waals surface area contributed by atoms with E-state index in [4.69, 9.17) is 37.9 Å². The quantitative estimate of drug-likeness (QED) is 0.144. The molecule has 0 aromatic rings. The Morgan fingerprint density at radius 3 is 0.544 bits per heavy atom. The molecule has 6 N–H and O–H groups in total. The molecule has 0 saturated carbocycles. The van der Waals surface area contributed by atoms with Crippen LogP contribution in [0.4, 0.5) is 0 Å². The first-order valence-electron chi connectivity index (χ1n) is 28.4. The molecule has 12 fully saturated rings. The monoisotopic (exact) mass is 993 g/mol. The molecule has 0 bridgehead atoms. The van der Waals surface area contributed by atoms with Gasteiger partial charge in [-0.3, -0.25) is 0 Å². The zero-order valence-electron chi connectivity index (χ0n) is 44.2. The molecule has 0 atom stereocenters. The summed E-state index contributed by atoms with van der Waals surface area (Å²) < 4.78 is 39.9. The van der Waals surface area contributed by atoms with Gasteiger partial charge in [0.1, 0.15) is 0 Å². The lowest BCUT2D eigenvalue weighted by Crippen LogP contribution is -2.30. The van der Waals surface area contributed by atoms with Gasteiger partial charge in [0.15, 0.2) is 0 Å². The van der Waals surface area contributed by atoms with Gasteiger partial charge in [0.05, 0.1) is 52.9 Å². The maximum atomic E-state index is 5.19. The largest absolute Gasteiger partial charge is 0.381 e. The highest BCUT2D eigenvalue weighted by Gasteiger charge is 2.00. The molecule has 408 valence electrons. The third-order valence-electron chi connectivity index (χ3n) is 11.7. The first-order valence-corrected chi connectivity index (χ1v) is 29.6. The maximum absolute atomic E-state index is 5.19. The van der Waals surface area contributed by atoms with Crippen LogP contribution in [0.1, 0.15) is 148 Å². The second kappa shape index (κ2) is 62.9. The fourth-order valence-electron chi connectivity index (χ4n) is 6.98.